The number of benzene rings is 1. The fourth-order valence-corrected chi connectivity index (χ4v) is 2.36. The van der Waals surface area contributed by atoms with Crippen molar-refractivity contribution in [1.82, 2.24) is 4.98 Å². The highest BCUT2D eigenvalue weighted by Gasteiger charge is 2.27. The third kappa shape index (κ3) is 3.49. The first-order chi connectivity index (χ1) is 11.7. The third-order valence-electron chi connectivity index (χ3n) is 3.58. The van der Waals surface area contributed by atoms with Crippen LogP contribution in [0.25, 0.3) is 0 Å². The quantitative estimate of drug-likeness (QED) is 0.604. The molecule has 0 bridgehead atoms. The Labute approximate surface area is 139 Å². The first-order valence-corrected chi connectivity index (χ1v) is 7.45. The summed E-state index contributed by atoms with van der Waals surface area (Å²) in [4.78, 5) is 4.33. The molecule has 24 heavy (non-hydrogen) atoms. The second-order valence-corrected chi connectivity index (χ2v) is 5.21. The highest BCUT2D eigenvalue weighted by molar-refractivity contribution is 6.61. The SMILES string of the molecule is COCCNc1ccc(C#N)c(Oc2ccc3c(c2)COB3O)n1. The number of pyridine rings is 1. The molecule has 0 saturated heterocycles. The van der Waals surface area contributed by atoms with E-state index in [-0.39, 0.29) is 5.88 Å². The molecule has 1 aromatic carbocycles. The lowest BCUT2D eigenvalue weighted by Gasteiger charge is -2.10. The molecule has 2 heterocycles. The fraction of sp³-hybridized carbons (Fsp3) is 0.250. The summed E-state index contributed by atoms with van der Waals surface area (Å²) in [5.74, 6) is 1.35. The molecule has 0 spiro atoms. The molecule has 0 saturated carbocycles. The topological polar surface area (TPSA) is 96.6 Å². The van der Waals surface area contributed by atoms with Gasteiger partial charge in [-0.2, -0.15) is 10.2 Å². The molecular weight excluding hydrogens is 309 g/mol. The number of aromatic nitrogens is 1. The molecule has 8 heteroatoms. The normalized spacial score (nSPS) is 12.6. The van der Waals surface area contributed by atoms with Gasteiger partial charge in [0.2, 0.25) is 5.88 Å². The van der Waals surface area contributed by atoms with Crippen LogP contribution in [0.4, 0.5) is 5.82 Å². The smallest absolute Gasteiger partial charge is 0.438 e. The average Bonchev–Trinajstić information content (AvgIpc) is 2.96. The average molecular weight is 325 g/mol. The lowest BCUT2D eigenvalue weighted by molar-refractivity contribution is 0.210. The Morgan fingerprint density at radius 2 is 2.29 bits per heavy atom. The summed E-state index contributed by atoms with van der Waals surface area (Å²) in [7, 11) is 0.729. The van der Waals surface area contributed by atoms with Crippen LogP contribution in [0.5, 0.6) is 11.6 Å². The number of ether oxygens (including phenoxy) is 2. The number of hydrogen-bond donors (Lipinski definition) is 2. The van der Waals surface area contributed by atoms with E-state index < -0.39 is 7.12 Å². The predicted octanol–water partition coefficient (Wildman–Crippen LogP) is 1.02. The molecule has 0 amide bonds. The van der Waals surface area contributed by atoms with Crippen LogP contribution in [0.3, 0.4) is 0 Å². The van der Waals surface area contributed by atoms with Gasteiger partial charge in [0.1, 0.15) is 23.2 Å². The Balaban J connectivity index is 1.81. The number of rotatable bonds is 6. The van der Waals surface area contributed by atoms with Gasteiger partial charge in [0.05, 0.1) is 13.2 Å². The van der Waals surface area contributed by atoms with Crippen LogP contribution < -0.4 is 15.5 Å². The molecule has 0 atom stereocenters. The minimum absolute atomic E-state index is 0.222. The number of methoxy groups -OCH3 is 1. The third-order valence-corrected chi connectivity index (χ3v) is 3.58. The summed E-state index contributed by atoms with van der Waals surface area (Å²) in [6, 6.07) is 10.7. The van der Waals surface area contributed by atoms with E-state index >= 15 is 0 Å². The largest absolute Gasteiger partial charge is 0.491 e. The number of hydrogen-bond acceptors (Lipinski definition) is 7. The summed E-state index contributed by atoms with van der Waals surface area (Å²) < 4.78 is 15.9. The molecule has 0 unspecified atom stereocenters. The second kappa shape index (κ2) is 7.32. The van der Waals surface area contributed by atoms with E-state index in [0.29, 0.717) is 36.9 Å². The van der Waals surface area contributed by atoms with Crippen LogP contribution in [0.1, 0.15) is 11.1 Å². The van der Waals surface area contributed by atoms with E-state index in [0.717, 1.165) is 11.0 Å². The molecule has 0 radical (unpaired) electrons. The van der Waals surface area contributed by atoms with E-state index in [4.69, 9.17) is 14.1 Å². The summed E-state index contributed by atoms with van der Waals surface area (Å²) >= 11 is 0. The molecule has 0 aliphatic carbocycles. The first kappa shape index (κ1) is 16.3. The molecule has 2 aromatic rings. The summed E-state index contributed by atoms with van der Waals surface area (Å²) in [6.07, 6.45) is 0. The Hall–Kier alpha value is -2.60. The number of anilines is 1. The maximum absolute atomic E-state index is 9.65. The molecule has 0 fully saturated rings. The van der Waals surface area contributed by atoms with Crippen LogP contribution in [0.2, 0.25) is 0 Å². The van der Waals surface area contributed by atoms with Crippen LogP contribution in [-0.4, -0.2) is 37.4 Å². The molecule has 1 aromatic heterocycles. The van der Waals surface area contributed by atoms with Gasteiger partial charge >= 0.3 is 7.12 Å². The van der Waals surface area contributed by atoms with Crippen LogP contribution in [-0.2, 0) is 16.0 Å². The van der Waals surface area contributed by atoms with Gasteiger partial charge < -0.3 is 24.5 Å². The molecule has 2 N–H and O–H groups in total. The van der Waals surface area contributed by atoms with Crippen LogP contribution in [0, 0.1) is 11.3 Å². The van der Waals surface area contributed by atoms with Crippen molar-refractivity contribution in [3.63, 3.8) is 0 Å². The van der Waals surface area contributed by atoms with Crippen LogP contribution in [0.15, 0.2) is 30.3 Å². The number of nitriles is 1. The highest BCUT2D eigenvalue weighted by atomic mass is 16.5. The van der Waals surface area contributed by atoms with Gasteiger partial charge in [0.15, 0.2) is 0 Å². The van der Waals surface area contributed by atoms with E-state index in [1.54, 1.807) is 37.4 Å². The Kier molecular flexibility index (Phi) is 4.96. The van der Waals surface area contributed by atoms with Crippen molar-refractivity contribution in [3.05, 3.63) is 41.5 Å². The van der Waals surface area contributed by atoms with Gasteiger partial charge in [-0.25, -0.2) is 0 Å². The Bertz CT molecular complexity index is 778. The van der Waals surface area contributed by atoms with Crippen molar-refractivity contribution >= 4 is 18.4 Å². The summed E-state index contributed by atoms with van der Waals surface area (Å²) in [5, 5.41) is 22.0. The molecule has 7 nitrogen and oxygen atoms in total. The van der Waals surface area contributed by atoms with Crippen molar-refractivity contribution in [2.75, 3.05) is 25.6 Å². The Morgan fingerprint density at radius 1 is 1.42 bits per heavy atom. The van der Waals surface area contributed by atoms with Crippen molar-refractivity contribution in [2.24, 2.45) is 0 Å². The molecular formula is C16H16BN3O4. The molecule has 3 rings (SSSR count). The van der Waals surface area contributed by atoms with Gasteiger partial charge in [0.25, 0.3) is 0 Å². The first-order valence-electron chi connectivity index (χ1n) is 7.45. The maximum atomic E-state index is 9.65. The van der Waals surface area contributed by atoms with Crippen molar-refractivity contribution in [1.29, 1.82) is 5.26 Å². The maximum Gasteiger partial charge on any atom is 0.491 e. The minimum Gasteiger partial charge on any atom is -0.438 e. The second-order valence-electron chi connectivity index (χ2n) is 5.21. The number of nitrogens with one attached hydrogen (secondary N) is 1. The lowest BCUT2D eigenvalue weighted by atomic mass is 9.80. The van der Waals surface area contributed by atoms with E-state index in [9.17, 15) is 10.3 Å². The van der Waals surface area contributed by atoms with Gasteiger partial charge in [-0.3, -0.25) is 0 Å². The zero-order valence-corrected chi connectivity index (χ0v) is 13.2. The molecule has 1 aliphatic heterocycles. The zero-order chi connectivity index (χ0) is 16.9. The predicted molar refractivity (Wildman–Crippen MR) is 88.2 cm³/mol. The monoisotopic (exact) mass is 325 g/mol. The van der Waals surface area contributed by atoms with Gasteiger partial charge in [-0.05, 0) is 35.3 Å². The lowest BCUT2D eigenvalue weighted by Crippen LogP contribution is -2.27. The minimum atomic E-state index is -0.893. The summed E-state index contributed by atoms with van der Waals surface area (Å²) in [6.45, 7) is 1.47. The zero-order valence-electron chi connectivity index (χ0n) is 13.2. The molecule has 1 aliphatic rings. The van der Waals surface area contributed by atoms with Crippen molar-refractivity contribution in [2.45, 2.75) is 6.61 Å². The highest BCUT2D eigenvalue weighted by Crippen LogP contribution is 2.26. The van der Waals surface area contributed by atoms with Gasteiger partial charge in [-0.1, -0.05) is 6.07 Å². The van der Waals surface area contributed by atoms with Crippen LogP contribution >= 0.6 is 0 Å². The Morgan fingerprint density at radius 3 is 3.08 bits per heavy atom. The van der Waals surface area contributed by atoms with E-state index in [1.165, 1.54) is 0 Å². The number of fused-ring (bicyclic) bond motifs is 1. The number of nitrogens with zero attached hydrogens (tertiary/aromatic N) is 2. The van der Waals surface area contributed by atoms with E-state index in [2.05, 4.69) is 16.4 Å². The van der Waals surface area contributed by atoms with Crippen molar-refractivity contribution < 1.29 is 19.2 Å². The fourth-order valence-electron chi connectivity index (χ4n) is 2.36. The van der Waals surface area contributed by atoms with Gasteiger partial charge in [-0.15, -0.1) is 0 Å². The van der Waals surface area contributed by atoms with Gasteiger partial charge in [0, 0.05) is 13.7 Å². The van der Waals surface area contributed by atoms with E-state index in [1.807, 2.05) is 0 Å². The standard InChI is InChI=1S/C16H16BN3O4/c1-22-7-6-19-15-5-2-11(9-18)16(20-15)24-13-3-4-14-12(8-13)10-23-17(14)21/h2-5,8,21H,6-7,10H2,1H3,(H,19,20). The molecule has 122 valence electrons. The summed E-state index contributed by atoms with van der Waals surface area (Å²) in [5.41, 5.74) is 1.92. The van der Waals surface area contributed by atoms with Crippen molar-refractivity contribution in [3.8, 4) is 17.7 Å².